The van der Waals surface area contributed by atoms with Gasteiger partial charge in [-0.25, -0.2) is 9.97 Å². The molecule has 0 radical (unpaired) electrons. The summed E-state index contributed by atoms with van der Waals surface area (Å²) in [4.78, 5) is 11.1. The summed E-state index contributed by atoms with van der Waals surface area (Å²) in [5.41, 5.74) is 1.03. The van der Waals surface area contributed by atoms with Crippen molar-refractivity contribution < 1.29 is 0 Å². The number of halogens is 1. The molecule has 1 N–H and O–H groups in total. The maximum Gasteiger partial charge on any atom is 0.138 e. The first-order valence-corrected chi connectivity index (χ1v) is 8.01. The van der Waals surface area contributed by atoms with E-state index < -0.39 is 0 Å². The van der Waals surface area contributed by atoms with E-state index in [2.05, 4.69) is 34.0 Å². The molecule has 2 fully saturated rings. The van der Waals surface area contributed by atoms with Crippen LogP contribution in [-0.2, 0) is 0 Å². The Morgan fingerprint density at radius 2 is 2.15 bits per heavy atom. The second-order valence-corrected chi connectivity index (χ2v) is 6.70. The number of anilines is 1. The van der Waals surface area contributed by atoms with Crippen LogP contribution in [0.5, 0.6) is 0 Å². The fourth-order valence-electron chi connectivity index (χ4n) is 3.07. The summed E-state index contributed by atoms with van der Waals surface area (Å²) in [6.45, 7) is 7.72. The maximum atomic E-state index is 6.19. The first kappa shape index (κ1) is 14.1. The molecule has 2 aliphatic rings. The SMILES string of the molecule is CC(C)c1c(Cl)ncnc1NCC1CCN(C2CC2)C1. The van der Waals surface area contributed by atoms with Crippen LogP contribution in [-0.4, -0.2) is 40.5 Å². The fraction of sp³-hybridized carbons (Fsp3) is 0.733. The zero-order chi connectivity index (χ0) is 14.1. The molecule has 0 bridgehead atoms. The molecule has 5 heteroatoms. The van der Waals surface area contributed by atoms with Crippen LogP contribution in [0.3, 0.4) is 0 Å². The number of hydrogen-bond donors (Lipinski definition) is 1. The molecule has 0 spiro atoms. The predicted octanol–water partition coefficient (Wildman–Crippen LogP) is 3.15. The molecule has 1 saturated carbocycles. The average Bonchev–Trinajstić information content (AvgIpc) is 3.15. The van der Waals surface area contributed by atoms with Crippen LogP contribution < -0.4 is 5.32 Å². The van der Waals surface area contributed by atoms with E-state index in [0.717, 1.165) is 29.9 Å². The van der Waals surface area contributed by atoms with Gasteiger partial charge in [-0.2, -0.15) is 0 Å². The topological polar surface area (TPSA) is 41.1 Å². The van der Waals surface area contributed by atoms with Crippen LogP contribution in [0.25, 0.3) is 0 Å². The zero-order valence-electron chi connectivity index (χ0n) is 12.3. The summed E-state index contributed by atoms with van der Waals surface area (Å²) in [7, 11) is 0. The van der Waals surface area contributed by atoms with Gasteiger partial charge in [0.15, 0.2) is 0 Å². The lowest BCUT2D eigenvalue weighted by atomic mass is 10.1. The van der Waals surface area contributed by atoms with Gasteiger partial charge in [0.2, 0.25) is 0 Å². The van der Waals surface area contributed by atoms with E-state index in [0.29, 0.717) is 11.1 Å². The van der Waals surface area contributed by atoms with Crippen LogP contribution in [0, 0.1) is 5.92 Å². The predicted molar refractivity (Wildman–Crippen MR) is 82.3 cm³/mol. The molecule has 1 aromatic heterocycles. The van der Waals surface area contributed by atoms with Crippen molar-refractivity contribution >= 4 is 17.4 Å². The Bertz CT molecular complexity index is 473. The minimum atomic E-state index is 0.331. The van der Waals surface area contributed by atoms with Gasteiger partial charge in [0.1, 0.15) is 17.3 Å². The maximum absolute atomic E-state index is 6.19. The van der Waals surface area contributed by atoms with Gasteiger partial charge in [-0.3, -0.25) is 0 Å². The van der Waals surface area contributed by atoms with Gasteiger partial charge in [0.05, 0.1) is 0 Å². The first-order chi connectivity index (χ1) is 9.65. The lowest BCUT2D eigenvalue weighted by molar-refractivity contribution is 0.316. The van der Waals surface area contributed by atoms with Crippen molar-refractivity contribution in [2.75, 3.05) is 25.0 Å². The molecule has 2 heterocycles. The highest BCUT2D eigenvalue weighted by Crippen LogP contribution is 2.32. The van der Waals surface area contributed by atoms with Crippen molar-refractivity contribution in [2.45, 2.75) is 45.1 Å². The summed E-state index contributed by atoms with van der Waals surface area (Å²) in [6.07, 6.45) is 5.64. The Hall–Kier alpha value is -0.870. The summed E-state index contributed by atoms with van der Waals surface area (Å²) >= 11 is 6.19. The molecule has 110 valence electrons. The van der Waals surface area contributed by atoms with Crippen molar-refractivity contribution in [2.24, 2.45) is 5.92 Å². The molecule has 4 nitrogen and oxygen atoms in total. The highest BCUT2D eigenvalue weighted by Gasteiger charge is 2.34. The molecule has 0 aromatic carbocycles. The van der Waals surface area contributed by atoms with E-state index in [1.165, 1.54) is 32.4 Å². The largest absolute Gasteiger partial charge is 0.369 e. The molecule has 3 rings (SSSR count). The normalized spacial score (nSPS) is 23.5. The van der Waals surface area contributed by atoms with Crippen LogP contribution in [0.1, 0.15) is 44.6 Å². The van der Waals surface area contributed by atoms with Crippen molar-refractivity contribution in [1.82, 2.24) is 14.9 Å². The molecule has 20 heavy (non-hydrogen) atoms. The second kappa shape index (κ2) is 5.86. The Kier molecular flexibility index (Phi) is 4.13. The van der Waals surface area contributed by atoms with Crippen LogP contribution in [0.2, 0.25) is 5.15 Å². The standard InChI is InChI=1S/C15H23ClN4/c1-10(2)13-14(16)18-9-19-15(13)17-7-11-5-6-20(8-11)12-3-4-12/h9-12H,3-8H2,1-2H3,(H,17,18,19). The van der Waals surface area contributed by atoms with E-state index in [-0.39, 0.29) is 0 Å². The van der Waals surface area contributed by atoms with E-state index in [4.69, 9.17) is 11.6 Å². The zero-order valence-corrected chi connectivity index (χ0v) is 13.0. The van der Waals surface area contributed by atoms with E-state index in [1.54, 1.807) is 6.33 Å². The van der Waals surface area contributed by atoms with Crippen molar-refractivity contribution in [3.63, 3.8) is 0 Å². The van der Waals surface area contributed by atoms with E-state index in [1.807, 2.05) is 0 Å². The summed E-state index contributed by atoms with van der Waals surface area (Å²) in [5, 5.41) is 4.07. The number of hydrogen-bond acceptors (Lipinski definition) is 4. The Morgan fingerprint density at radius 1 is 1.35 bits per heavy atom. The molecule has 1 aromatic rings. The third-order valence-corrected chi connectivity index (χ3v) is 4.65. The molecule has 1 unspecified atom stereocenters. The van der Waals surface area contributed by atoms with Crippen molar-refractivity contribution in [1.29, 1.82) is 0 Å². The monoisotopic (exact) mass is 294 g/mol. The van der Waals surface area contributed by atoms with E-state index >= 15 is 0 Å². The van der Waals surface area contributed by atoms with Gasteiger partial charge in [-0.15, -0.1) is 0 Å². The molecular weight excluding hydrogens is 272 g/mol. The van der Waals surface area contributed by atoms with Gasteiger partial charge in [-0.05, 0) is 37.6 Å². The van der Waals surface area contributed by atoms with Crippen molar-refractivity contribution in [3.05, 3.63) is 17.0 Å². The molecule has 1 aliphatic carbocycles. The summed E-state index contributed by atoms with van der Waals surface area (Å²) in [6, 6.07) is 0.889. The van der Waals surface area contributed by atoms with Gasteiger partial charge < -0.3 is 10.2 Å². The third-order valence-electron chi connectivity index (χ3n) is 4.35. The lowest BCUT2D eigenvalue weighted by Crippen LogP contribution is -2.25. The van der Waals surface area contributed by atoms with Gasteiger partial charge in [0, 0.05) is 24.7 Å². The Morgan fingerprint density at radius 3 is 2.85 bits per heavy atom. The highest BCUT2D eigenvalue weighted by molar-refractivity contribution is 6.30. The third kappa shape index (κ3) is 3.07. The average molecular weight is 295 g/mol. The van der Waals surface area contributed by atoms with Gasteiger partial charge in [-0.1, -0.05) is 25.4 Å². The quantitative estimate of drug-likeness (QED) is 0.847. The Labute approximate surface area is 125 Å². The van der Waals surface area contributed by atoms with Crippen molar-refractivity contribution in [3.8, 4) is 0 Å². The fourth-order valence-corrected chi connectivity index (χ4v) is 3.42. The smallest absolute Gasteiger partial charge is 0.138 e. The molecule has 1 saturated heterocycles. The number of nitrogens with one attached hydrogen (secondary N) is 1. The van der Waals surface area contributed by atoms with Crippen LogP contribution >= 0.6 is 11.6 Å². The van der Waals surface area contributed by atoms with Gasteiger partial charge in [0.25, 0.3) is 0 Å². The molecule has 1 atom stereocenters. The summed E-state index contributed by atoms with van der Waals surface area (Å²) in [5.74, 6) is 1.96. The Balaban J connectivity index is 1.59. The molecular formula is C15H23ClN4. The minimum Gasteiger partial charge on any atom is -0.369 e. The lowest BCUT2D eigenvalue weighted by Gasteiger charge is -2.17. The highest BCUT2D eigenvalue weighted by atomic mass is 35.5. The second-order valence-electron chi connectivity index (χ2n) is 6.34. The molecule has 1 aliphatic heterocycles. The minimum absolute atomic E-state index is 0.331. The molecule has 0 amide bonds. The summed E-state index contributed by atoms with van der Waals surface area (Å²) < 4.78 is 0. The van der Waals surface area contributed by atoms with Crippen LogP contribution in [0.15, 0.2) is 6.33 Å². The van der Waals surface area contributed by atoms with Gasteiger partial charge >= 0.3 is 0 Å². The number of aromatic nitrogens is 2. The first-order valence-electron chi connectivity index (χ1n) is 7.63. The number of nitrogens with zero attached hydrogens (tertiary/aromatic N) is 3. The number of rotatable bonds is 5. The van der Waals surface area contributed by atoms with Crippen LogP contribution in [0.4, 0.5) is 5.82 Å². The number of likely N-dealkylation sites (tertiary alicyclic amines) is 1. The van der Waals surface area contributed by atoms with E-state index in [9.17, 15) is 0 Å².